The average Bonchev–Trinajstić information content (AvgIpc) is 2.80. The summed E-state index contributed by atoms with van der Waals surface area (Å²) in [7, 11) is 3.76. The van der Waals surface area contributed by atoms with E-state index in [0.717, 1.165) is 12.1 Å². The molecule has 1 amide bonds. The third-order valence-electron chi connectivity index (χ3n) is 2.13. The second-order valence-electron chi connectivity index (χ2n) is 2.91. The molecule has 0 radical (unpaired) electrons. The number of nitrogens with zero attached hydrogens (tertiary/aromatic N) is 1. The third kappa shape index (κ3) is 2.35. The summed E-state index contributed by atoms with van der Waals surface area (Å²) in [4.78, 5) is 12.8. The number of halogens is 1. The number of hydrogen-bond acceptors (Lipinski definition) is 4. The SMILES string of the molecule is O=C1OCCC2/C(=C\CO[S-](#P)I)N12. The number of cyclic esters (lactones) is 1. The molecule has 2 aliphatic rings. The minimum atomic E-state index is -0.339. The van der Waals surface area contributed by atoms with Crippen LogP contribution in [0, 0.1) is 0 Å². The number of carbonyl (C=O) groups is 1. The Morgan fingerprint density at radius 1 is 1.86 bits per heavy atom. The van der Waals surface area contributed by atoms with Gasteiger partial charge in [0, 0.05) is 0 Å². The van der Waals surface area contributed by atoms with E-state index in [1.165, 1.54) is 0 Å². The van der Waals surface area contributed by atoms with Crippen LogP contribution in [0.2, 0.25) is 0 Å². The molecule has 0 N–H and O–H groups in total. The molecule has 0 aromatic heterocycles. The summed E-state index contributed by atoms with van der Waals surface area (Å²) >= 11 is 2.09. The zero-order chi connectivity index (χ0) is 10.1. The van der Waals surface area contributed by atoms with Crippen LogP contribution in [0.25, 0.3) is 0 Å². The molecule has 2 aliphatic heterocycles. The molecule has 0 aliphatic carbocycles. The van der Waals surface area contributed by atoms with Gasteiger partial charge in [0.25, 0.3) is 0 Å². The zero-order valence-electron chi connectivity index (χ0n) is 7.18. The fourth-order valence-electron chi connectivity index (χ4n) is 1.50. The van der Waals surface area contributed by atoms with Gasteiger partial charge in [0.1, 0.15) is 0 Å². The summed E-state index contributed by atoms with van der Waals surface area (Å²) in [5.41, 5.74) is 1.03. The summed E-state index contributed by atoms with van der Waals surface area (Å²) in [5, 5.41) is 0. The molecule has 1 atom stereocenters. The van der Waals surface area contributed by atoms with Crippen LogP contribution in [0.5, 0.6) is 0 Å². The predicted octanol–water partition coefficient (Wildman–Crippen LogP) is 2.32. The summed E-state index contributed by atoms with van der Waals surface area (Å²) in [6.07, 6.45) is 2.59. The van der Waals surface area contributed by atoms with Crippen LogP contribution in [0.15, 0.2) is 11.8 Å². The first-order chi connectivity index (χ1) is 6.70. The zero-order valence-corrected chi connectivity index (χ0v) is 11.0. The van der Waals surface area contributed by atoms with E-state index in [2.05, 4.69) is 29.0 Å². The van der Waals surface area contributed by atoms with Crippen LogP contribution in [0.1, 0.15) is 6.42 Å². The van der Waals surface area contributed by atoms with Gasteiger partial charge in [-0.1, -0.05) is 0 Å². The number of rotatable bonds is 2. The van der Waals surface area contributed by atoms with Crippen LogP contribution in [0.4, 0.5) is 4.79 Å². The molecule has 2 heterocycles. The van der Waals surface area contributed by atoms with Crippen LogP contribution < -0.4 is 0 Å². The Morgan fingerprint density at radius 2 is 2.64 bits per heavy atom. The van der Waals surface area contributed by atoms with Crippen molar-refractivity contribution >= 4 is 42.4 Å². The first-order valence-corrected chi connectivity index (χ1v) is 8.83. The van der Waals surface area contributed by atoms with Crippen molar-refractivity contribution in [1.82, 2.24) is 4.90 Å². The average molecular weight is 344 g/mol. The van der Waals surface area contributed by atoms with Crippen molar-refractivity contribution in [3.63, 3.8) is 0 Å². The van der Waals surface area contributed by atoms with Gasteiger partial charge in [-0.25, -0.2) is 0 Å². The maximum atomic E-state index is 11.2. The summed E-state index contributed by atoms with van der Waals surface area (Å²) in [6, 6.07) is 0.274. The molecule has 1 unspecified atom stereocenters. The van der Waals surface area contributed by atoms with E-state index in [0.29, 0.717) is 13.2 Å². The van der Waals surface area contributed by atoms with Gasteiger partial charge in [0.05, 0.1) is 0 Å². The van der Waals surface area contributed by atoms with Gasteiger partial charge in [-0.15, -0.1) is 0 Å². The third-order valence-corrected chi connectivity index (χ3v) is 3.54. The van der Waals surface area contributed by atoms with Gasteiger partial charge in [-0.2, -0.15) is 0 Å². The topological polar surface area (TPSA) is 38.5 Å². The summed E-state index contributed by atoms with van der Waals surface area (Å²) < 4.78 is 10.1. The van der Waals surface area contributed by atoms with Crippen molar-refractivity contribution in [3.8, 4) is 0 Å². The Labute approximate surface area is 98.2 Å². The standard InChI is InChI=1S/C7H8INO3PS/c8-14(13)12-4-2-6-5-1-3-11-7(10)9(5)6/h2,5H,1,3-4H2/q-1/b6-2+. The number of hydrogen-bond donors (Lipinski definition) is 0. The minimum absolute atomic E-state index is 0.230. The number of fused-ring (bicyclic) bond motifs is 1. The molecule has 0 bridgehead atoms. The van der Waals surface area contributed by atoms with Gasteiger partial charge < -0.3 is 0 Å². The Kier molecular flexibility index (Phi) is 3.57. The van der Waals surface area contributed by atoms with Gasteiger partial charge in [0.2, 0.25) is 0 Å². The molecule has 2 fully saturated rings. The van der Waals surface area contributed by atoms with E-state index in [-0.39, 0.29) is 19.5 Å². The Bertz CT molecular complexity index is 364. The van der Waals surface area contributed by atoms with E-state index >= 15 is 0 Å². The Balaban J connectivity index is 1.90. The van der Waals surface area contributed by atoms with E-state index in [1.807, 2.05) is 6.08 Å². The Hall–Kier alpha value is 0.480. The number of carbonyl (C=O) groups excluding carboxylic acids is 1. The quantitative estimate of drug-likeness (QED) is 0.334. The first kappa shape index (κ1) is 11.0. The van der Waals surface area contributed by atoms with Gasteiger partial charge >= 0.3 is 98.5 Å². The maximum absolute atomic E-state index is 11.2. The van der Waals surface area contributed by atoms with Crippen molar-refractivity contribution in [2.75, 3.05) is 13.2 Å². The molecule has 2 saturated heterocycles. The van der Waals surface area contributed by atoms with Crippen LogP contribution >= 0.6 is 29.0 Å². The van der Waals surface area contributed by atoms with Gasteiger partial charge in [0.15, 0.2) is 0 Å². The van der Waals surface area contributed by atoms with Crippen LogP contribution in [-0.2, 0) is 16.2 Å². The fraction of sp³-hybridized carbons (Fsp3) is 0.571. The molecule has 0 saturated carbocycles. The van der Waals surface area contributed by atoms with E-state index in [4.69, 9.17) is 8.92 Å². The molecular weight excluding hydrogens is 336 g/mol. The fourth-order valence-corrected chi connectivity index (χ4v) is 2.30. The molecular formula is C7H8INO3PS-. The Morgan fingerprint density at radius 3 is 3.29 bits per heavy atom. The molecule has 78 valence electrons. The van der Waals surface area contributed by atoms with Gasteiger partial charge in [-0.05, 0) is 0 Å². The van der Waals surface area contributed by atoms with Crippen molar-refractivity contribution in [2.24, 2.45) is 0 Å². The van der Waals surface area contributed by atoms with Crippen LogP contribution in [-0.4, -0.2) is 30.2 Å². The molecule has 2 rings (SSSR count). The second kappa shape index (κ2) is 4.55. The van der Waals surface area contributed by atoms with Crippen molar-refractivity contribution in [1.29, 1.82) is 0 Å². The van der Waals surface area contributed by atoms with Crippen molar-refractivity contribution < 1.29 is 13.7 Å². The molecule has 7 heteroatoms. The molecule has 0 spiro atoms. The molecule has 14 heavy (non-hydrogen) atoms. The van der Waals surface area contributed by atoms with E-state index in [9.17, 15) is 4.79 Å². The number of ether oxygens (including phenoxy) is 1. The van der Waals surface area contributed by atoms with Gasteiger partial charge in [-0.3, -0.25) is 0 Å². The molecule has 0 aromatic rings. The predicted molar refractivity (Wildman–Crippen MR) is 63.9 cm³/mol. The molecule has 0 aromatic carbocycles. The van der Waals surface area contributed by atoms with Crippen LogP contribution in [0.3, 0.4) is 0 Å². The number of amides is 1. The normalized spacial score (nSPS) is 27.8. The van der Waals surface area contributed by atoms with Crippen molar-refractivity contribution in [2.45, 2.75) is 12.5 Å². The first-order valence-electron chi connectivity index (χ1n) is 4.09. The second-order valence-corrected chi connectivity index (χ2v) is 9.04. The van der Waals surface area contributed by atoms with Crippen molar-refractivity contribution in [3.05, 3.63) is 11.8 Å². The van der Waals surface area contributed by atoms with E-state index in [1.54, 1.807) is 4.90 Å². The summed E-state index contributed by atoms with van der Waals surface area (Å²) in [6.45, 7) is 1.03. The van der Waals surface area contributed by atoms with E-state index < -0.39 is 0 Å². The summed E-state index contributed by atoms with van der Waals surface area (Å²) in [5.74, 6) is 0. The molecule has 4 nitrogen and oxygen atoms in total. The monoisotopic (exact) mass is 344 g/mol.